The van der Waals surface area contributed by atoms with Crippen molar-refractivity contribution in [1.29, 1.82) is 0 Å². The third-order valence-corrected chi connectivity index (χ3v) is 2.25. The van der Waals surface area contributed by atoms with Crippen LogP contribution in [0, 0.1) is 0 Å². The summed E-state index contributed by atoms with van der Waals surface area (Å²) in [4.78, 5) is 10.5. The minimum absolute atomic E-state index is 0.255. The van der Waals surface area contributed by atoms with E-state index in [1.807, 2.05) is 18.2 Å². The van der Waals surface area contributed by atoms with Crippen LogP contribution in [-0.4, -0.2) is 18.5 Å². The number of primary amides is 1. The summed E-state index contributed by atoms with van der Waals surface area (Å²) in [6.45, 7) is 2.76. The van der Waals surface area contributed by atoms with Crippen LogP contribution in [0.3, 0.4) is 0 Å². The maximum absolute atomic E-state index is 10.5. The van der Waals surface area contributed by atoms with Gasteiger partial charge < -0.3 is 11.1 Å². The molecule has 1 amide bonds. The molecular weight excluding hydrogens is 188 g/mol. The minimum Gasteiger partial charge on any atom is -0.370 e. The molecule has 0 heterocycles. The molecule has 0 spiro atoms. The summed E-state index contributed by atoms with van der Waals surface area (Å²) in [5.41, 5.74) is 6.35. The Labute approximate surface area is 90.7 Å². The minimum atomic E-state index is -0.255. The first-order valence-corrected chi connectivity index (χ1v) is 5.24. The Morgan fingerprint density at radius 2 is 2.07 bits per heavy atom. The molecule has 1 rings (SSSR count). The van der Waals surface area contributed by atoms with Crippen LogP contribution < -0.4 is 11.1 Å². The van der Waals surface area contributed by atoms with E-state index in [-0.39, 0.29) is 5.91 Å². The number of carbonyl (C=O) groups excluding carboxylic acids is 1. The Kier molecular flexibility index (Phi) is 4.84. The van der Waals surface area contributed by atoms with Crippen LogP contribution in [0.2, 0.25) is 0 Å². The van der Waals surface area contributed by atoms with Gasteiger partial charge in [-0.25, -0.2) is 0 Å². The van der Waals surface area contributed by atoms with Crippen molar-refractivity contribution < 1.29 is 4.79 Å². The fourth-order valence-corrected chi connectivity index (χ4v) is 1.48. The third-order valence-electron chi connectivity index (χ3n) is 2.25. The first-order valence-electron chi connectivity index (χ1n) is 5.24. The topological polar surface area (TPSA) is 55.1 Å². The quantitative estimate of drug-likeness (QED) is 0.732. The summed E-state index contributed by atoms with van der Waals surface area (Å²) in [6.07, 6.45) is 1.37. The lowest BCUT2D eigenvalue weighted by Gasteiger charge is -2.12. The first-order chi connectivity index (χ1) is 7.18. The average molecular weight is 206 g/mol. The van der Waals surface area contributed by atoms with Crippen LogP contribution in [-0.2, 0) is 11.2 Å². The Hall–Kier alpha value is -1.35. The van der Waals surface area contributed by atoms with Crippen molar-refractivity contribution in [3.8, 4) is 0 Å². The number of hydrogen-bond donors (Lipinski definition) is 2. The lowest BCUT2D eigenvalue weighted by molar-refractivity contribution is -0.117. The number of rotatable bonds is 6. The van der Waals surface area contributed by atoms with Gasteiger partial charge in [-0.3, -0.25) is 4.79 Å². The molecule has 0 saturated carbocycles. The second-order valence-corrected chi connectivity index (χ2v) is 3.76. The van der Waals surface area contributed by atoms with Crippen molar-refractivity contribution >= 4 is 5.91 Å². The molecule has 0 fully saturated rings. The molecule has 0 aliphatic carbocycles. The highest BCUT2D eigenvalue weighted by molar-refractivity contribution is 5.73. The highest BCUT2D eigenvalue weighted by atomic mass is 16.1. The van der Waals surface area contributed by atoms with Gasteiger partial charge in [-0.2, -0.15) is 0 Å². The van der Waals surface area contributed by atoms with Crippen LogP contribution in [0.15, 0.2) is 30.3 Å². The van der Waals surface area contributed by atoms with E-state index in [1.54, 1.807) is 0 Å². The van der Waals surface area contributed by atoms with E-state index in [0.717, 1.165) is 6.42 Å². The van der Waals surface area contributed by atoms with Crippen molar-refractivity contribution in [3.63, 3.8) is 0 Å². The molecule has 0 saturated heterocycles. The van der Waals surface area contributed by atoms with E-state index < -0.39 is 0 Å². The van der Waals surface area contributed by atoms with Crippen LogP contribution in [0.1, 0.15) is 18.9 Å². The molecule has 0 bridgehead atoms. The van der Waals surface area contributed by atoms with Gasteiger partial charge >= 0.3 is 0 Å². The maximum Gasteiger partial charge on any atom is 0.218 e. The molecule has 1 aromatic carbocycles. The summed E-state index contributed by atoms with van der Waals surface area (Å²) >= 11 is 0. The van der Waals surface area contributed by atoms with Crippen molar-refractivity contribution in [2.45, 2.75) is 25.8 Å². The fraction of sp³-hybridized carbons (Fsp3) is 0.417. The fourth-order valence-electron chi connectivity index (χ4n) is 1.48. The van der Waals surface area contributed by atoms with Gasteiger partial charge in [0.25, 0.3) is 0 Å². The molecule has 1 atom stereocenters. The van der Waals surface area contributed by atoms with Crippen LogP contribution in [0.5, 0.6) is 0 Å². The molecular formula is C12H18N2O. The first kappa shape index (κ1) is 11.7. The maximum atomic E-state index is 10.5. The zero-order chi connectivity index (χ0) is 11.1. The molecule has 1 unspecified atom stereocenters. The smallest absolute Gasteiger partial charge is 0.218 e. The predicted molar refractivity (Wildman–Crippen MR) is 61.4 cm³/mol. The second-order valence-electron chi connectivity index (χ2n) is 3.76. The van der Waals surface area contributed by atoms with E-state index in [0.29, 0.717) is 19.0 Å². The van der Waals surface area contributed by atoms with Gasteiger partial charge in [0, 0.05) is 19.0 Å². The third kappa shape index (κ3) is 5.18. The summed E-state index contributed by atoms with van der Waals surface area (Å²) in [5, 5.41) is 3.26. The van der Waals surface area contributed by atoms with E-state index >= 15 is 0 Å². The van der Waals surface area contributed by atoms with Gasteiger partial charge in [0.1, 0.15) is 0 Å². The Morgan fingerprint density at radius 1 is 1.40 bits per heavy atom. The lowest BCUT2D eigenvalue weighted by Crippen LogP contribution is -2.31. The summed E-state index contributed by atoms with van der Waals surface area (Å²) in [5.74, 6) is -0.255. The predicted octanol–water partition coefficient (Wildman–Crippen LogP) is 1.08. The molecule has 0 aliphatic rings. The Bertz CT molecular complexity index is 298. The zero-order valence-corrected chi connectivity index (χ0v) is 9.07. The van der Waals surface area contributed by atoms with Crippen molar-refractivity contribution in [3.05, 3.63) is 35.9 Å². The number of carbonyl (C=O) groups is 1. The van der Waals surface area contributed by atoms with Crippen LogP contribution >= 0.6 is 0 Å². The Balaban J connectivity index is 2.24. The lowest BCUT2D eigenvalue weighted by atomic mass is 10.1. The molecule has 3 N–H and O–H groups in total. The highest BCUT2D eigenvalue weighted by Gasteiger charge is 2.02. The molecule has 3 heteroatoms. The molecule has 15 heavy (non-hydrogen) atoms. The van der Waals surface area contributed by atoms with Gasteiger partial charge in [-0.05, 0) is 18.9 Å². The molecule has 1 aromatic rings. The molecule has 0 aromatic heterocycles. The molecule has 0 radical (unpaired) electrons. The number of hydrogen-bond acceptors (Lipinski definition) is 2. The van der Waals surface area contributed by atoms with E-state index in [1.165, 1.54) is 5.56 Å². The van der Waals surface area contributed by atoms with E-state index in [4.69, 9.17) is 5.73 Å². The normalized spacial score (nSPS) is 12.3. The summed E-state index contributed by atoms with van der Waals surface area (Å²) < 4.78 is 0. The van der Waals surface area contributed by atoms with Gasteiger partial charge in [0.05, 0.1) is 0 Å². The highest BCUT2D eigenvalue weighted by Crippen LogP contribution is 2.02. The standard InChI is InChI=1S/C12H18N2O/c1-10(14-8-7-12(13)15)9-11-5-3-2-4-6-11/h2-6,10,14H,7-9H2,1H3,(H2,13,15). The number of amides is 1. The number of benzene rings is 1. The van der Waals surface area contributed by atoms with Crippen LogP contribution in [0.4, 0.5) is 0 Å². The molecule has 3 nitrogen and oxygen atoms in total. The average Bonchev–Trinajstić information content (AvgIpc) is 2.18. The number of nitrogens with two attached hydrogens (primary N) is 1. The molecule has 82 valence electrons. The van der Waals surface area contributed by atoms with E-state index in [9.17, 15) is 4.79 Å². The second kappa shape index (κ2) is 6.19. The van der Waals surface area contributed by atoms with Crippen molar-refractivity contribution in [2.24, 2.45) is 5.73 Å². The van der Waals surface area contributed by atoms with Gasteiger partial charge in [-0.15, -0.1) is 0 Å². The van der Waals surface area contributed by atoms with Gasteiger partial charge in [0.15, 0.2) is 0 Å². The monoisotopic (exact) mass is 206 g/mol. The van der Waals surface area contributed by atoms with Gasteiger partial charge in [0.2, 0.25) is 5.91 Å². The largest absolute Gasteiger partial charge is 0.370 e. The zero-order valence-electron chi connectivity index (χ0n) is 9.07. The van der Waals surface area contributed by atoms with Crippen molar-refractivity contribution in [1.82, 2.24) is 5.32 Å². The Morgan fingerprint density at radius 3 is 2.67 bits per heavy atom. The van der Waals surface area contributed by atoms with Gasteiger partial charge in [-0.1, -0.05) is 30.3 Å². The van der Waals surface area contributed by atoms with Crippen molar-refractivity contribution in [2.75, 3.05) is 6.54 Å². The number of nitrogens with one attached hydrogen (secondary N) is 1. The SMILES string of the molecule is CC(Cc1ccccc1)NCCC(N)=O. The van der Waals surface area contributed by atoms with E-state index in [2.05, 4.69) is 24.4 Å². The summed E-state index contributed by atoms with van der Waals surface area (Å²) in [7, 11) is 0. The summed E-state index contributed by atoms with van der Waals surface area (Å²) in [6, 6.07) is 10.6. The molecule has 0 aliphatic heterocycles. The van der Waals surface area contributed by atoms with Crippen LogP contribution in [0.25, 0.3) is 0 Å².